The van der Waals surface area contributed by atoms with Gasteiger partial charge >= 0.3 is 0 Å². The zero-order chi connectivity index (χ0) is 21.8. The highest BCUT2D eigenvalue weighted by Gasteiger charge is 2.41. The van der Waals surface area contributed by atoms with Crippen LogP contribution in [0.25, 0.3) is 0 Å². The van der Waals surface area contributed by atoms with Gasteiger partial charge in [-0.25, -0.2) is 0 Å². The van der Waals surface area contributed by atoms with E-state index in [9.17, 15) is 14.9 Å². The molecule has 1 aliphatic rings. The van der Waals surface area contributed by atoms with E-state index in [1.54, 1.807) is 7.11 Å². The number of nitrogens with one attached hydrogen (secondary N) is 1. The van der Waals surface area contributed by atoms with Crippen molar-refractivity contribution in [3.05, 3.63) is 69.8 Å². The molecule has 2 aromatic carbocycles. The van der Waals surface area contributed by atoms with Crippen molar-refractivity contribution < 1.29 is 14.3 Å². The molecule has 1 unspecified atom stereocenters. The summed E-state index contributed by atoms with van der Waals surface area (Å²) in [6.45, 7) is 3.85. The van der Waals surface area contributed by atoms with Gasteiger partial charge in [0, 0.05) is 7.05 Å². The third kappa shape index (κ3) is 4.19. The average molecular weight is 422 g/mol. The van der Waals surface area contributed by atoms with Crippen LogP contribution in [-0.4, -0.2) is 31.2 Å². The average Bonchev–Trinajstić information content (AvgIpc) is 3.06. The number of carbonyl (C=O) groups is 2. The number of anilines is 1. The highest BCUT2D eigenvalue weighted by Crippen LogP contribution is 2.43. The van der Waals surface area contributed by atoms with Crippen LogP contribution in [-0.2, 0) is 16.0 Å². The van der Waals surface area contributed by atoms with E-state index < -0.39 is 11.2 Å². The molecule has 1 atom stereocenters. The molecule has 1 saturated heterocycles. The van der Waals surface area contributed by atoms with Crippen LogP contribution in [0.2, 0.25) is 0 Å². The summed E-state index contributed by atoms with van der Waals surface area (Å²) in [5, 5.41) is 12.1. The minimum absolute atomic E-state index is 0.0611. The fourth-order valence-electron chi connectivity index (χ4n) is 3.27. The fourth-order valence-corrected chi connectivity index (χ4v) is 4.57. The summed E-state index contributed by atoms with van der Waals surface area (Å²) in [6, 6.07) is 15.3. The maximum atomic E-state index is 13.4. The molecule has 0 aliphatic carbocycles. The summed E-state index contributed by atoms with van der Waals surface area (Å²) in [5.74, 6) is 0.0949. The van der Waals surface area contributed by atoms with Gasteiger partial charge in [0.05, 0.1) is 18.0 Å². The van der Waals surface area contributed by atoms with Gasteiger partial charge in [0.15, 0.2) is 0 Å². The molecule has 1 N–H and O–H groups in total. The largest absolute Gasteiger partial charge is 0.497 e. The molecule has 30 heavy (non-hydrogen) atoms. The summed E-state index contributed by atoms with van der Waals surface area (Å²) in [7, 11) is 3.07. The molecule has 6 nitrogen and oxygen atoms in total. The van der Waals surface area contributed by atoms with Crippen LogP contribution in [0.15, 0.2) is 53.1 Å². The molecule has 1 heterocycles. The van der Waals surface area contributed by atoms with Crippen LogP contribution < -0.4 is 15.0 Å². The molecule has 1 aliphatic heterocycles. The van der Waals surface area contributed by atoms with Crippen molar-refractivity contribution in [2.75, 3.05) is 19.1 Å². The lowest BCUT2D eigenvalue weighted by molar-refractivity contribution is -0.117. The van der Waals surface area contributed by atoms with Gasteiger partial charge in [-0.1, -0.05) is 36.0 Å². The van der Waals surface area contributed by atoms with Crippen LogP contribution in [0.3, 0.4) is 0 Å². The molecular weight excluding hydrogens is 398 g/mol. The van der Waals surface area contributed by atoms with Gasteiger partial charge in [0.1, 0.15) is 22.4 Å². The van der Waals surface area contributed by atoms with E-state index >= 15 is 0 Å². The number of aryl methyl sites for hydroxylation is 2. The van der Waals surface area contributed by atoms with Crippen LogP contribution in [0.1, 0.15) is 16.7 Å². The van der Waals surface area contributed by atoms with Crippen molar-refractivity contribution in [3.8, 4) is 11.8 Å². The maximum absolute atomic E-state index is 13.4. The van der Waals surface area contributed by atoms with E-state index in [1.807, 2.05) is 62.4 Å². The van der Waals surface area contributed by atoms with Gasteiger partial charge in [0.2, 0.25) is 5.91 Å². The van der Waals surface area contributed by atoms with Crippen molar-refractivity contribution in [2.24, 2.45) is 0 Å². The third-order valence-electron chi connectivity index (χ3n) is 4.92. The second-order valence-corrected chi connectivity index (χ2v) is 8.18. The summed E-state index contributed by atoms with van der Waals surface area (Å²) in [6.07, 6.45) is 0.477. The smallest absolute Gasteiger partial charge is 0.264 e. The first-order valence-electron chi connectivity index (χ1n) is 9.46. The van der Waals surface area contributed by atoms with Gasteiger partial charge in [-0.3, -0.25) is 14.5 Å². The van der Waals surface area contributed by atoms with E-state index in [4.69, 9.17) is 4.74 Å². The number of nitrogens with zero attached hydrogens (tertiary/aromatic N) is 2. The molecule has 2 aromatic rings. The van der Waals surface area contributed by atoms with Crippen LogP contribution in [0.5, 0.6) is 5.75 Å². The number of methoxy groups -OCH3 is 1. The third-order valence-corrected chi connectivity index (χ3v) is 6.18. The minimum Gasteiger partial charge on any atom is -0.497 e. The standard InChI is InChI=1S/C23H23N3O3S/c1-14-5-6-15(2)19(11-14)26-22(28)20(12-16-7-9-17(29-4)10-8-16)30-23(26)18(13-24)21(27)25-3/h5-11,20H,12H2,1-4H3,(H,25,27). The van der Waals surface area contributed by atoms with E-state index in [0.29, 0.717) is 17.1 Å². The molecule has 154 valence electrons. The van der Waals surface area contributed by atoms with Crippen LogP contribution >= 0.6 is 11.8 Å². The van der Waals surface area contributed by atoms with Gasteiger partial charge in [-0.15, -0.1) is 0 Å². The first-order chi connectivity index (χ1) is 14.4. The predicted molar refractivity (Wildman–Crippen MR) is 118 cm³/mol. The molecular formula is C23H23N3O3S. The lowest BCUT2D eigenvalue weighted by atomic mass is 10.1. The Morgan fingerprint density at radius 2 is 1.93 bits per heavy atom. The second kappa shape index (κ2) is 9.06. The lowest BCUT2D eigenvalue weighted by Crippen LogP contribution is -2.32. The van der Waals surface area contributed by atoms with Gasteiger partial charge in [-0.05, 0) is 55.2 Å². The quantitative estimate of drug-likeness (QED) is 0.590. The first kappa shape index (κ1) is 21.5. The molecule has 0 spiro atoms. The highest BCUT2D eigenvalue weighted by atomic mass is 32.2. The molecule has 3 rings (SSSR count). The number of hydrogen-bond donors (Lipinski definition) is 1. The first-order valence-corrected chi connectivity index (χ1v) is 10.3. The number of ether oxygens (including phenoxy) is 1. The Bertz CT molecular complexity index is 1050. The Hall–Kier alpha value is -3.24. The number of thioether (sulfide) groups is 1. The van der Waals surface area contributed by atoms with Crippen molar-refractivity contribution in [3.63, 3.8) is 0 Å². The van der Waals surface area contributed by atoms with Gasteiger partial charge < -0.3 is 10.1 Å². The molecule has 7 heteroatoms. The van der Waals surface area contributed by atoms with E-state index in [1.165, 1.54) is 23.7 Å². The Labute approximate surface area is 180 Å². The Morgan fingerprint density at radius 1 is 1.23 bits per heavy atom. The summed E-state index contributed by atoms with van der Waals surface area (Å²) < 4.78 is 5.19. The van der Waals surface area contributed by atoms with Crippen LogP contribution in [0, 0.1) is 25.2 Å². The molecule has 0 aromatic heterocycles. The number of amides is 2. The fraction of sp³-hybridized carbons (Fsp3) is 0.261. The molecule has 0 saturated carbocycles. The zero-order valence-corrected chi connectivity index (χ0v) is 18.2. The van der Waals surface area contributed by atoms with Crippen molar-refractivity contribution in [2.45, 2.75) is 25.5 Å². The normalized spacial score (nSPS) is 17.5. The van der Waals surface area contributed by atoms with E-state index in [0.717, 1.165) is 22.4 Å². The maximum Gasteiger partial charge on any atom is 0.264 e. The predicted octanol–water partition coefficient (Wildman–Crippen LogP) is 3.48. The highest BCUT2D eigenvalue weighted by molar-refractivity contribution is 8.05. The molecule has 0 radical (unpaired) electrons. The number of benzene rings is 2. The zero-order valence-electron chi connectivity index (χ0n) is 17.4. The van der Waals surface area contributed by atoms with E-state index in [-0.39, 0.29) is 11.5 Å². The number of nitriles is 1. The van der Waals surface area contributed by atoms with E-state index in [2.05, 4.69) is 5.32 Å². The number of carbonyl (C=O) groups excluding carboxylic acids is 2. The summed E-state index contributed by atoms with van der Waals surface area (Å²) in [4.78, 5) is 27.3. The van der Waals surface area contributed by atoms with Crippen molar-refractivity contribution >= 4 is 29.3 Å². The Balaban J connectivity index is 2.06. The van der Waals surface area contributed by atoms with Gasteiger partial charge in [-0.2, -0.15) is 5.26 Å². The molecule has 2 amide bonds. The lowest BCUT2D eigenvalue weighted by Gasteiger charge is -2.21. The van der Waals surface area contributed by atoms with Crippen molar-refractivity contribution in [1.82, 2.24) is 5.32 Å². The molecule has 0 bridgehead atoms. The number of likely N-dealkylation sites (N-methyl/N-ethyl adjacent to an activating group) is 1. The topological polar surface area (TPSA) is 82.4 Å². The second-order valence-electron chi connectivity index (χ2n) is 6.99. The van der Waals surface area contributed by atoms with Crippen molar-refractivity contribution in [1.29, 1.82) is 5.26 Å². The summed E-state index contributed by atoms with van der Waals surface area (Å²) in [5.41, 5.74) is 3.49. The van der Waals surface area contributed by atoms with Gasteiger partial charge in [0.25, 0.3) is 5.91 Å². The number of hydrogen-bond acceptors (Lipinski definition) is 5. The number of rotatable bonds is 5. The van der Waals surface area contributed by atoms with Crippen LogP contribution in [0.4, 0.5) is 5.69 Å². The minimum atomic E-state index is -0.506. The summed E-state index contributed by atoms with van der Waals surface area (Å²) >= 11 is 1.26. The Morgan fingerprint density at radius 3 is 2.53 bits per heavy atom. The Kier molecular flexibility index (Phi) is 6.48. The molecule has 1 fully saturated rings. The monoisotopic (exact) mass is 421 g/mol. The SMILES string of the molecule is CNC(=O)C(C#N)=C1SC(Cc2ccc(OC)cc2)C(=O)N1c1cc(C)ccc1C.